The van der Waals surface area contributed by atoms with Crippen molar-refractivity contribution in [2.24, 2.45) is 0 Å². The zero-order valence-electron chi connectivity index (χ0n) is 16.2. The lowest BCUT2D eigenvalue weighted by molar-refractivity contribution is -0.389. The topological polar surface area (TPSA) is 134 Å². The van der Waals surface area contributed by atoms with Crippen molar-refractivity contribution in [2.75, 3.05) is 5.32 Å². The van der Waals surface area contributed by atoms with Gasteiger partial charge in [0, 0.05) is 16.7 Å². The molecular weight excluding hydrogens is 470 g/mol. The fourth-order valence-corrected chi connectivity index (χ4v) is 3.19. The Labute approximate surface area is 183 Å². The van der Waals surface area contributed by atoms with Gasteiger partial charge < -0.3 is 20.0 Å². The summed E-state index contributed by atoms with van der Waals surface area (Å²) < 4.78 is 9.21. The van der Waals surface area contributed by atoms with Crippen LogP contribution in [-0.4, -0.2) is 35.5 Å². The predicted octanol–water partition coefficient (Wildman–Crippen LogP) is 3.40. The van der Waals surface area contributed by atoms with E-state index in [9.17, 15) is 14.9 Å². The fourth-order valence-electron chi connectivity index (χ4n) is 2.92. The number of aromatic nitrogens is 5. The van der Waals surface area contributed by atoms with Crippen molar-refractivity contribution < 1.29 is 14.2 Å². The van der Waals surface area contributed by atoms with Gasteiger partial charge in [-0.15, -0.1) is 0 Å². The predicted molar refractivity (Wildman–Crippen MR) is 113 cm³/mol. The van der Waals surface area contributed by atoms with E-state index in [0.717, 1.165) is 10.0 Å². The van der Waals surface area contributed by atoms with Gasteiger partial charge in [0.25, 0.3) is 5.91 Å². The van der Waals surface area contributed by atoms with E-state index >= 15 is 0 Å². The quantitative estimate of drug-likeness (QED) is 0.313. The number of nitro groups is 1. The molecule has 0 bridgehead atoms. The molecule has 1 N–H and O–H groups in total. The molecule has 31 heavy (non-hydrogen) atoms. The maximum Gasteiger partial charge on any atom is 0.389 e. The van der Waals surface area contributed by atoms with Gasteiger partial charge >= 0.3 is 5.82 Å². The molecule has 0 saturated heterocycles. The molecule has 0 spiro atoms. The first-order valence-electron chi connectivity index (χ1n) is 9.11. The minimum Gasteiger partial charge on any atom is -0.361 e. The second-order valence-electron chi connectivity index (χ2n) is 6.67. The highest BCUT2D eigenvalue weighted by atomic mass is 79.9. The fraction of sp³-hybridized carbons (Fsp3) is 0.158. The van der Waals surface area contributed by atoms with Gasteiger partial charge in [0.2, 0.25) is 0 Å². The van der Waals surface area contributed by atoms with E-state index in [-0.39, 0.29) is 18.1 Å². The van der Waals surface area contributed by atoms with Crippen molar-refractivity contribution in [1.29, 1.82) is 0 Å². The molecule has 1 aromatic carbocycles. The van der Waals surface area contributed by atoms with E-state index in [0.29, 0.717) is 23.7 Å². The molecule has 0 aliphatic heterocycles. The van der Waals surface area contributed by atoms with E-state index in [2.05, 4.69) is 36.6 Å². The zero-order chi connectivity index (χ0) is 22.0. The minimum atomic E-state index is -0.588. The van der Waals surface area contributed by atoms with E-state index < -0.39 is 10.8 Å². The molecule has 0 radical (unpaired) electrons. The molecule has 0 aliphatic carbocycles. The van der Waals surface area contributed by atoms with Crippen LogP contribution in [0.1, 0.15) is 27.4 Å². The normalized spacial score (nSPS) is 10.9. The van der Waals surface area contributed by atoms with Crippen LogP contribution in [0, 0.1) is 17.0 Å². The van der Waals surface area contributed by atoms with E-state index in [1.807, 2.05) is 24.3 Å². The van der Waals surface area contributed by atoms with Gasteiger partial charge in [-0.1, -0.05) is 33.2 Å². The zero-order valence-corrected chi connectivity index (χ0v) is 17.8. The van der Waals surface area contributed by atoms with Crippen LogP contribution >= 0.6 is 15.9 Å². The lowest BCUT2D eigenvalue weighted by Gasteiger charge is -2.03. The van der Waals surface area contributed by atoms with Gasteiger partial charge in [-0.05, 0) is 29.5 Å². The number of nitrogens with zero attached hydrogens (tertiary/aromatic N) is 6. The first-order valence-corrected chi connectivity index (χ1v) is 9.90. The summed E-state index contributed by atoms with van der Waals surface area (Å²) in [6, 6.07) is 10.8. The third-order valence-corrected chi connectivity index (χ3v) is 5.00. The van der Waals surface area contributed by atoms with Crippen LogP contribution in [0.5, 0.6) is 0 Å². The molecule has 0 atom stereocenters. The van der Waals surface area contributed by atoms with Crippen LogP contribution in [0.25, 0.3) is 0 Å². The van der Waals surface area contributed by atoms with Crippen molar-refractivity contribution in [1.82, 2.24) is 24.7 Å². The van der Waals surface area contributed by atoms with Gasteiger partial charge in [-0.2, -0.15) is 9.78 Å². The van der Waals surface area contributed by atoms with Crippen molar-refractivity contribution in [2.45, 2.75) is 20.0 Å². The average Bonchev–Trinajstić information content (AvgIpc) is 3.46. The standard InChI is InChI=1S/C19H16BrN7O4/c1-12-15(11-26-9-7-17(23-26)27(29)30)18(24-31-12)19(28)21-16-6-8-25(22-16)10-13-2-4-14(20)5-3-13/h2-9H,10-11H2,1H3,(H,21,22,28). The molecule has 3 heterocycles. The summed E-state index contributed by atoms with van der Waals surface area (Å²) >= 11 is 3.40. The number of anilines is 1. The number of nitrogens with one attached hydrogen (secondary N) is 1. The number of carbonyl (C=O) groups excluding carboxylic acids is 1. The molecule has 0 aliphatic rings. The molecule has 3 aromatic heterocycles. The SMILES string of the molecule is Cc1onc(C(=O)Nc2ccn(Cc3ccc(Br)cc3)n2)c1Cn1ccc([N+](=O)[O-])n1. The summed E-state index contributed by atoms with van der Waals surface area (Å²) in [5.41, 5.74) is 1.61. The maximum atomic E-state index is 12.7. The second-order valence-corrected chi connectivity index (χ2v) is 7.59. The Balaban J connectivity index is 1.46. The number of rotatable bonds is 7. The molecule has 1 amide bonds. The highest BCUT2D eigenvalue weighted by molar-refractivity contribution is 9.10. The lowest BCUT2D eigenvalue weighted by Crippen LogP contribution is -2.16. The van der Waals surface area contributed by atoms with E-state index in [1.165, 1.54) is 16.9 Å². The molecule has 0 fully saturated rings. The number of benzene rings is 1. The number of halogens is 1. The average molecular weight is 486 g/mol. The lowest BCUT2D eigenvalue weighted by atomic mass is 10.2. The highest BCUT2D eigenvalue weighted by Crippen LogP contribution is 2.18. The second kappa shape index (κ2) is 8.52. The van der Waals surface area contributed by atoms with E-state index in [1.54, 1.807) is 23.9 Å². The molecule has 11 nitrogen and oxygen atoms in total. The van der Waals surface area contributed by atoms with Crippen molar-refractivity contribution in [3.63, 3.8) is 0 Å². The van der Waals surface area contributed by atoms with Gasteiger partial charge in [0.1, 0.15) is 5.76 Å². The Kier molecular flexibility index (Phi) is 5.62. The summed E-state index contributed by atoms with van der Waals surface area (Å²) in [4.78, 5) is 23.0. The van der Waals surface area contributed by atoms with Crippen LogP contribution in [-0.2, 0) is 13.1 Å². The van der Waals surface area contributed by atoms with Gasteiger partial charge in [0.15, 0.2) is 11.5 Å². The summed E-state index contributed by atoms with van der Waals surface area (Å²) in [7, 11) is 0. The van der Waals surface area contributed by atoms with Gasteiger partial charge in [-0.25, -0.2) is 0 Å². The van der Waals surface area contributed by atoms with Gasteiger partial charge in [-0.3, -0.25) is 9.48 Å². The Morgan fingerprint density at radius 2 is 1.84 bits per heavy atom. The number of aryl methyl sites for hydroxylation is 1. The molecular formula is C19H16BrN7O4. The highest BCUT2D eigenvalue weighted by Gasteiger charge is 2.23. The molecule has 4 aromatic rings. The van der Waals surface area contributed by atoms with Crippen LogP contribution in [0.2, 0.25) is 0 Å². The minimum absolute atomic E-state index is 0.0677. The summed E-state index contributed by atoms with van der Waals surface area (Å²) in [5, 5.41) is 25.6. The van der Waals surface area contributed by atoms with Crippen LogP contribution in [0.4, 0.5) is 11.6 Å². The van der Waals surface area contributed by atoms with Crippen LogP contribution < -0.4 is 5.32 Å². The third kappa shape index (κ3) is 4.69. The van der Waals surface area contributed by atoms with E-state index in [4.69, 9.17) is 4.52 Å². The first-order chi connectivity index (χ1) is 14.9. The number of amides is 1. The Hall–Kier alpha value is -3.80. The first kappa shape index (κ1) is 20.5. The molecule has 0 saturated carbocycles. The Morgan fingerprint density at radius 1 is 1.13 bits per heavy atom. The maximum absolute atomic E-state index is 12.7. The van der Waals surface area contributed by atoms with Gasteiger partial charge in [0.05, 0.1) is 36.0 Å². The van der Waals surface area contributed by atoms with Crippen molar-refractivity contribution in [3.8, 4) is 0 Å². The molecule has 12 heteroatoms. The Bertz CT molecular complexity index is 1240. The Morgan fingerprint density at radius 3 is 2.55 bits per heavy atom. The van der Waals surface area contributed by atoms with Crippen molar-refractivity contribution >= 4 is 33.5 Å². The van der Waals surface area contributed by atoms with Crippen LogP contribution in [0.3, 0.4) is 0 Å². The van der Waals surface area contributed by atoms with Crippen molar-refractivity contribution in [3.05, 3.63) is 86.0 Å². The smallest absolute Gasteiger partial charge is 0.361 e. The summed E-state index contributed by atoms with van der Waals surface area (Å²) in [5.74, 6) is 0.00586. The third-order valence-electron chi connectivity index (χ3n) is 4.47. The number of hydrogen-bond donors (Lipinski definition) is 1. The van der Waals surface area contributed by atoms with Crippen LogP contribution in [0.15, 0.2) is 57.8 Å². The monoisotopic (exact) mass is 485 g/mol. The summed E-state index contributed by atoms with van der Waals surface area (Å²) in [6.45, 7) is 2.31. The number of hydrogen-bond acceptors (Lipinski definition) is 7. The summed E-state index contributed by atoms with van der Waals surface area (Å²) in [6.07, 6.45) is 3.21. The molecule has 158 valence electrons. The largest absolute Gasteiger partial charge is 0.389 e. The molecule has 4 rings (SSSR count). The molecule has 0 unspecified atom stereocenters. The number of carbonyl (C=O) groups is 1.